The van der Waals surface area contributed by atoms with Crippen molar-refractivity contribution < 1.29 is 0 Å². The Kier molecular flexibility index (Phi) is 5.54. The third-order valence-corrected chi connectivity index (χ3v) is 3.14. The monoisotopic (exact) mass is 219 g/mol. The molecule has 1 saturated heterocycles. The fraction of sp³-hybridized carbons (Fsp3) is 0.600. The van der Waals surface area contributed by atoms with Gasteiger partial charge in [-0.05, 0) is 44.8 Å². The number of hydrogen-bond acceptors (Lipinski definition) is 1. The van der Waals surface area contributed by atoms with Crippen LogP contribution in [-0.2, 0) is 0 Å². The van der Waals surface area contributed by atoms with E-state index in [2.05, 4.69) is 43.1 Å². The highest BCUT2D eigenvalue weighted by Gasteiger charge is 2.18. The second-order valence-electron chi connectivity index (χ2n) is 4.52. The average Bonchev–Trinajstić information content (AvgIpc) is 2.32. The van der Waals surface area contributed by atoms with Crippen molar-refractivity contribution in [1.82, 2.24) is 4.90 Å². The van der Waals surface area contributed by atoms with Crippen LogP contribution in [0.15, 0.2) is 24.3 Å². The van der Waals surface area contributed by atoms with E-state index in [1.807, 2.05) is 13.8 Å². The van der Waals surface area contributed by atoms with Crippen molar-refractivity contribution in [2.75, 3.05) is 20.1 Å². The molecule has 16 heavy (non-hydrogen) atoms. The molecular weight excluding hydrogens is 194 g/mol. The van der Waals surface area contributed by atoms with Gasteiger partial charge in [0.05, 0.1) is 0 Å². The van der Waals surface area contributed by atoms with Crippen molar-refractivity contribution in [2.24, 2.45) is 0 Å². The van der Waals surface area contributed by atoms with E-state index in [0.717, 1.165) is 5.92 Å². The van der Waals surface area contributed by atoms with Gasteiger partial charge < -0.3 is 4.90 Å². The molecule has 0 bridgehead atoms. The number of aryl methyl sites for hydroxylation is 1. The second kappa shape index (κ2) is 6.70. The summed E-state index contributed by atoms with van der Waals surface area (Å²) in [6.45, 7) is 8.67. The Balaban J connectivity index is 0.000000606. The van der Waals surface area contributed by atoms with Gasteiger partial charge in [0.25, 0.3) is 0 Å². The Labute approximate surface area is 100 Å². The molecule has 1 aromatic rings. The summed E-state index contributed by atoms with van der Waals surface area (Å²) in [5.41, 5.74) is 2.91. The summed E-state index contributed by atoms with van der Waals surface area (Å²) >= 11 is 0. The summed E-state index contributed by atoms with van der Waals surface area (Å²) in [5, 5.41) is 0. The van der Waals surface area contributed by atoms with Crippen molar-refractivity contribution >= 4 is 0 Å². The maximum absolute atomic E-state index is 2.44. The van der Waals surface area contributed by atoms with Gasteiger partial charge in [0.2, 0.25) is 0 Å². The first-order valence-electron chi connectivity index (χ1n) is 6.51. The Hall–Kier alpha value is -0.820. The summed E-state index contributed by atoms with van der Waals surface area (Å²) in [7, 11) is 2.22. The van der Waals surface area contributed by atoms with Crippen LogP contribution in [0.4, 0.5) is 0 Å². The Morgan fingerprint density at radius 2 is 2.00 bits per heavy atom. The van der Waals surface area contributed by atoms with Crippen LogP contribution >= 0.6 is 0 Å². The van der Waals surface area contributed by atoms with Crippen LogP contribution in [0.5, 0.6) is 0 Å². The summed E-state index contributed by atoms with van der Waals surface area (Å²) in [6, 6.07) is 8.97. The lowest BCUT2D eigenvalue weighted by atomic mass is 9.90. The molecular formula is C15H25N. The molecule has 1 atom stereocenters. The molecule has 2 rings (SSSR count). The van der Waals surface area contributed by atoms with Crippen molar-refractivity contribution in [3.63, 3.8) is 0 Å². The highest BCUT2D eigenvalue weighted by Crippen LogP contribution is 2.26. The first-order chi connectivity index (χ1) is 7.75. The van der Waals surface area contributed by atoms with Gasteiger partial charge >= 0.3 is 0 Å². The molecule has 1 heterocycles. The van der Waals surface area contributed by atoms with Crippen LogP contribution in [0.1, 0.15) is 43.7 Å². The Morgan fingerprint density at radius 3 is 2.62 bits per heavy atom. The molecule has 0 N–H and O–H groups in total. The van der Waals surface area contributed by atoms with Gasteiger partial charge in [0.1, 0.15) is 0 Å². The van der Waals surface area contributed by atoms with E-state index >= 15 is 0 Å². The fourth-order valence-electron chi connectivity index (χ4n) is 2.36. The molecule has 1 heteroatoms. The van der Waals surface area contributed by atoms with E-state index < -0.39 is 0 Å². The predicted octanol–water partition coefficient (Wildman–Crippen LogP) is 3.83. The Morgan fingerprint density at radius 1 is 1.25 bits per heavy atom. The zero-order valence-corrected chi connectivity index (χ0v) is 11.2. The first kappa shape index (κ1) is 13.2. The summed E-state index contributed by atoms with van der Waals surface area (Å²) in [4.78, 5) is 2.44. The molecule has 0 saturated carbocycles. The second-order valence-corrected chi connectivity index (χ2v) is 4.52. The van der Waals surface area contributed by atoms with Crippen molar-refractivity contribution in [3.8, 4) is 0 Å². The largest absolute Gasteiger partial charge is 0.306 e. The Bertz CT molecular complexity index is 306. The lowest BCUT2D eigenvalue weighted by Crippen LogP contribution is -2.30. The summed E-state index contributed by atoms with van der Waals surface area (Å²) < 4.78 is 0. The van der Waals surface area contributed by atoms with Gasteiger partial charge in [-0.25, -0.2) is 0 Å². The van der Waals surface area contributed by atoms with Gasteiger partial charge in [-0.2, -0.15) is 0 Å². The highest BCUT2D eigenvalue weighted by molar-refractivity contribution is 5.26. The van der Waals surface area contributed by atoms with Crippen LogP contribution < -0.4 is 0 Å². The molecule has 1 aliphatic heterocycles. The van der Waals surface area contributed by atoms with Gasteiger partial charge in [-0.15, -0.1) is 0 Å². The van der Waals surface area contributed by atoms with Gasteiger partial charge in [-0.1, -0.05) is 43.7 Å². The summed E-state index contributed by atoms with van der Waals surface area (Å²) in [5.74, 6) is 0.758. The van der Waals surface area contributed by atoms with Gasteiger partial charge in [0, 0.05) is 6.54 Å². The SMILES string of the molecule is CC.Cc1cccc(C2CCCN(C)C2)c1. The quantitative estimate of drug-likeness (QED) is 0.694. The third-order valence-electron chi connectivity index (χ3n) is 3.14. The average molecular weight is 219 g/mol. The maximum Gasteiger partial charge on any atom is 0.00472 e. The molecule has 0 radical (unpaired) electrons. The maximum atomic E-state index is 2.44. The molecule has 1 aromatic carbocycles. The standard InChI is InChI=1S/C13H19N.C2H6/c1-11-5-3-6-12(9-11)13-7-4-8-14(2)10-13;1-2/h3,5-6,9,13H,4,7-8,10H2,1-2H3;1-2H3. The number of rotatable bonds is 1. The molecule has 0 amide bonds. The van der Waals surface area contributed by atoms with E-state index in [4.69, 9.17) is 0 Å². The van der Waals surface area contributed by atoms with Gasteiger partial charge in [-0.3, -0.25) is 0 Å². The molecule has 1 fully saturated rings. The lowest BCUT2D eigenvalue weighted by molar-refractivity contribution is 0.251. The van der Waals surface area contributed by atoms with Crippen LogP contribution in [0, 0.1) is 6.92 Å². The number of likely N-dealkylation sites (N-methyl/N-ethyl adjacent to an activating group) is 1. The number of piperidine rings is 1. The molecule has 0 aliphatic carbocycles. The van der Waals surface area contributed by atoms with E-state index in [9.17, 15) is 0 Å². The van der Waals surface area contributed by atoms with Crippen molar-refractivity contribution in [1.29, 1.82) is 0 Å². The van der Waals surface area contributed by atoms with Crippen LogP contribution in [0.3, 0.4) is 0 Å². The number of hydrogen-bond donors (Lipinski definition) is 0. The predicted molar refractivity (Wildman–Crippen MR) is 72.0 cm³/mol. The van der Waals surface area contributed by atoms with E-state index in [-0.39, 0.29) is 0 Å². The zero-order chi connectivity index (χ0) is 12.0. The normalized spacial score (nSPS) is 21.1. The molecule has 1 unspecified atom stereocenters. The zero-order valence-electron chi connectivity index (χ0n) is 11.2. The fourth-order valence-corrected chi connectivity index (χ4v) is 2.36. The number of nitrogens with zero attached hydrogens (tertiary/aromatic N) is 1. The minimum absolute atomic E-state index is 0.758. The molecule has 0 aromatic heterocycles. The summed E-state index contributed by atoms with van der Waals surface area (Å²) in [6.07, 6.45) is 2.70. The topological polar surface area (TPSA) is 3.24 Å². The molecule has 90 valence electrons. The van der Waals surface area contributed by atoms with Crippen molar-refractivity contribution in [3.05, 3.63) is 35.4 Å². The van der Waals surface area contributed by atoms with Crippen LogP contribution in [0.2, 0.25) is 0 Å². The number of likely N-dealkylation sites (tertiary alicyclic amines) is 1. The van der Waals surface area contributed by atoms with E-state index in [1.165, 1.54) is 37.1 Å². The van der Waals surface area contributed by atoms with Crippen molar-refractivity contribution in [2.45, 2.75) is 39.5 Å². The lowest BCUT2D eigenvalue weighted by Gasteiger charge is -2.30. The third kappa shape index (κ3) is 3.64. The van der Waals surface area contributed by atoms with E-state index in [1.54, 1.807) is 0 Å². The van der Waals surface area contributed by atoms with E-state index in [0.29, 0.717) is 0 Å². The minimum Gasteiger partial charge on any atom is -0.306 e. The molecule has 0 spiro atoms. The smallest absolute Gasteiger partial charge is 0.00472 e. The number of benzene rings is 1. The van der Waals surface area contributed by atoms with Gasteiger partial charge in [0.15, 0.2) is 0 Å². The van der Waals surface area contributed by atoms with Crippen LogP contribution in [0.25, 0.3) is 0 Å². The van der Waals surface area contributed by atoms with Crippen LogP contribution in [-0.4, -0.2) is 25.0 Å². The molecule has 1 aliphatic rings. The highest BCUT2D eigenvalue weighted by atomic mass is 15.1. The molecule has 1 nitrogen and oxygen atoms in total. The first-order valence-corrected chi connectivity index (χ1v) is 6.51. The minimum atomic E-state index is 0.758.